The molecule has 0 N–H and O–H groups in total. The lowest BCUT2D eigenvalue weighted by molar-refractivity contribution is 0.111. The van der Waals surface area contributed by atoms with Crippen LogP contribution in [0.4, 0.5) is 0 Å². The molecule has 2 aromatic rings. The number of carbonyl (C=O) groups excluding carboxylic acids is 1. The van der Waals surface area contributed by atoms with Crippen LogP contribution in [0.2, 0.25) is 0 Å². The standard InChI is InChI=1S/C9H8N2OS/c1-11-5-7(10-9(11)6-12)8-3-2-4-13-8/h2-6H,1H3. The molecule has 0 aromatic carbocycles. The van der Waals surface area contributed by atoms with E-state index in [1.165, 1.54) is 0 Å². The topological polar surface area (TPSA) is 34.9 Å². The number of nitrogens with zero attached hydrogens (tertiary/aromatic N) is 2. The fourth-order valence-electron chi connectivity index (χ4n) is 1.13. The lowest BCUT2D eigenvalue weighted by Crippen LogP contribution is -1.92. The van der Waals surface area contributed by atoms with Gasteiger partial charge in [0.05, 0.1) is 10.6 Å². The summed E-state index contributed by atoms with van der Waals surface area (Å²) in [7, 11) is 1.81. The molecule has 0 radical (unpaired) electrons. The van der Waals surface area contributed by atoms with Crippen molar-refractivity contribution >= 4 is 17.6 Å². The fraction of sp³-hybridized carbons (Fsp3) is 0.111. The van der Waals surface area contributed by atoms with Gasteiger partial charge < -0.3 is 4.57 Å². The smallest absolute Gasteiger partial charge is 0.185 e. The van der Waals surface area contributed by atoms with E-state index in [1.54, 1.807) is 15.9 Å². The van der Waals surface area contributed by atoms with Gasteiger partial charge in [0.25, 0.3) is 0 Å². The van der Waals surface area contributed by atoms with Crippen molar-refractivity contribution in [2.75, 3.05) is 0 Å². The average molecular weight is 192 g/mol. The summed E-state index contributed by atoms with van der Waals surface area (Å²) in [6.45, 7) is 0. The van der Waals surface area contributed by atoms with Gasteiger partial charge in [-0.25, -0.2) is 4.98 Å². The quantitative estimate of drug-likeness (QED) is 0.682. The molecule has 0 amide bonds. The highest BCUT2D eigenvalue weighted by Gasteiger charge is 2.06. The summed E-state index contributed by atoms with van der Waals surface area (Å²) in [4.78, 5) is 15.8. The Morgan fingerprint density at radius 2 is 2.46 bits per heavy atom. The van der Waals surface area contributed by atoms with Crippen molar-refractivity contribution in [3.05, 3.63) is 29.5 Å². The zero-order valence-electron chi connectivity index (χ0n) is 7.10. The highest BCUT2D eigenvalue weighted by atomic mass is 32.1. The molecular formula is C9H8N2OS. The predicted octanol–water partition coefficient (Wildman–Crippen LogP) is 1.96. The van der Waals surface area contributed by atoms with Gasteiger partial charge in [0, 0.05) is 13.2 Å². The molecular weight excluding hydrogens is 184 g/mol. The van der Waals surface area contributed by atoms with Crippen LogP contribution in [0.25, 0.3) is 10.6 Å². The molecule has 2 heterocycles. The summed E-state index contributed by atoms with van der Waals surface area (Å²) >= 11 is 1.62. The van der Waals surface area contributed by atoms with Crippen molar-refractivity contribution in [1.29, 1.82) is 0 Å². The molecule has 4 heteroatoms. The fourth-order valence-corrected chi connectivity index (χ4v) is 1.81. The first-order valence-corrected chi connectivity index (χ1v) is 4.71. The molecule has 0 aliphatic carbocycles. The zero-order valence-corrected chi connectivity index (χ0v) is 7.91. The number of aromatic nitrogens is 2. The summed E-state index contributed by atoms with van der Waals surface area (Å²) in [5, 5.41) is 1.99. The van der Waals surface area contributed by atoms with Crippen molar-refractivity contribution in [2.24, 2.45) is 7.05 Å². The van der Waals surface area contributed by atoms with Crippen LogP contribution in [0, 0.1) is 0 Å². The van der Waals surface area contributed by atoms with Crippen LogP contribution >= 0.6 is 11.3 Å². The Labute approximate surface area is 79.7 Å². The van der Waals surface area contributed by atoms with Crippen molar-refractivity contribution in [1.82, 2.24) is 9.55 Å². The zero-order chi connectivity index (χ0) is 9.26. The second kappa shape index (κ2) is 3.14. The molecule has 0 aliphatic heterocycles. The van der Waals surface area contributed by atoms with E-state index in [0.717, 1.165) is 16.9 Å². The number of hydrogen-bond acceptors (Lipinski definition) is 3. The Hall–Kier alpha value is -1.42. The number of carbonyl (C=O) groups is 1. The van der Waals surface area contributed by atoms with Crippen molar-refractivity contribution in [2.45, 2.75) is 0 Å². The van der Waals surface area contributed by atoms with Crippen LogP contribution in [-0.4, -0.2) is 15.8 Å². The first-order chi connectivity index (χ1) is 6.31. The highest BCUT2D eigenvalue weighted by molar-refractivity contribution is 7.13. The molecule has 0 fully saturated rings. The van der Waals surface area contributed by atoms with E-state index < -0.39 is 0 Å². The largest absolute Gasteiger partial charge is 0.331 e. The molecule has 0 spiro atoms. The van der Waals surface area contributed by atoms with Crippen molar-refractivity contribution in [3.63, 3.8) is 0 Å². The normalized spacial score (nSPS) is 10.2. The van der Waals surface area contributed by atoms with Crippen LogP contribution in [0.3, 0.4) is 0 Å². The molecule has 66 valence electrons. The number of thiophene rings is 1. The van der Waals surface area contributed by atoms with Gasteiger partial charge >= 0.3 is 0 Å². The van der Waals surface area contributed by atoms with E-state index in [9.17, 15) is 4.79 Å². The summed E-state index contributed by atoms with van der Waals surface area (Å²) in [6, 6.07) is 3.96. The Bertz CT molecular complexity index is 417. The average Bonchev–Trinajstić information content (AvgIpc) is 2.71. The van der Waals surface area contributed by atoms with Gasteiger partial charge in [0.15, 0.2) is 12.1 Å². The van der Waals surface area contributed by atoms with E-state index in [-0.39, 0.29) is 0 Å². The van der Waals surface area contributed by atoms with Crippen molar-refractivity contribution < 1.29 is 4.79 Å². The minimum atomic E-state index is 0.461. The lowest BCUT2D eigenvalue weighted by atomic mass is 10.4. The van der Waals surface area contributed by atoms with Gasteiger partial charge in [-0.1, -0.05) is 6.07 Å². The summed E-state index contributed by atoms with van der Waals surface area (Å²) in [5.74, 6) is 0.461. The van der Waals surface area contributed by atoms with E-state index in [1.807, 2.05) is 30.8 Å². The number of aldehydes is 1. The van der Waals surface area contributed by atoms with Gasteiger partial charge in [-0.2, -0.15) is 0 Å². The third-order valence-corrected chi connectivity index (χ3v) is 2.68. The Morgan fingerprint density at radius 3 is 3.00 bits per heavy atom. The first-order valence-electron chi connectivity index (χ1n) is 3.83. The Balaban J connectivity index is 2.48. The molecule has 3 nitrogen and oxygen atoms in total. The van der Waals surface area contributed by atoms with E-state index >= 15 is 0 Å². The van der Waals surface area contributed by atoms with E-state index in [2.05, 4.69) is 4.98 Å². The molecule has 0 unspecified atom stereocenters. The first kappa shape index (κ1) is 8.19. The van der Waals surface area contributed by atoms with Gasteiger partial charge in [-0.05, 0) is 11.4 Å². The summed E-state index contributed by atoms with van der Waals surface area (Å²) in [6.07, 6.45) is 2.62. The molecule has 0 saturated heterocycles. The van der Waals surface area contributed by atoms with Crippen LogP contribution in [-0.2, 0) is 7.05 Å². The van der Waals surface area contributed by atoms with E-state index in [0.29, 0.717) is 5.82 Å². The number of rotatable bonds is 2. The van der Waals surface area contributed by atoms with Crippen molar-refractivity contribution in [3.8, 4) is 10.6 Å². The van der Waals surface area contributed by atoms with Crippen LogP contribution < -0.4 is 0 Å². The molecule has 0 saturated carbocycles. The molecule has 0 aliphatic rings. The monoisotopic (exact) mass is 192 g/mol. The number of hydrogen-bond donors (Lipinski definition) is 0. The number of imidazole rings is 1. The third kappa shape index (κ3) is 1.40. The van der Waals surface area contributed by atoms with Gasteiger partial charge in [0.1, 0.15) is 0 Å². The maximum absolute atomic E-state index is 10.5. The summed E-state index contributed by atoms with van der Waals surface area (Å²) in [5.41, 5.74) is 0.861. The van der Waals surface area contributed by atoms with Crippen LogP contribution in [0.1, 0.15) is 10.6 Å². The third-order valence-electron chi connectivity index (χ3n) is 1.79. The SMILES string of the molecule is Cn1cc(-c2cccs2)nc1C=O. The van der Waals surface area contributed by atoms with Crippen LogP contribution in [0.15, 0.2) is 23.7 Å². The second-order valence-electron chi connectivity index (χ2n) is 2.69. The highest BCUT2D eigenvalue weighted by Crippen LogP contribution is 2.22. The minimum Gasteiger partial charge on any atom is -0.331 e. The lowest BCUT2D eigenvalue weighted by Gasteiger charge is -1.86. The number of aryl methyl sites for hydroxylation is 1. The van der Waals surface area contributed by atoms with E-state index in [4.69, 9.17) is 0 Å². The maximum atomic E-state index is 10.5. The molecule has 2 rings (SSSR count). The molecule has 0 bridgehead atoms. The predicted molar refractivity (Wildman–Crippen MR) is 51.9 cm³/mol. The molecule has 2 aromatic heterocycles. The van der Waals surface area contributed by atoms with Crippen LogP contribution in [0.5, 0.6) is 0 Å². The summed E-state index contributed by atoms with van der Waals surface area (Å²) < 4.78 is 1.72. The van der Waals surface area contributed by atoms with Gasteiger partial charge in [0.2, 0.25) is 0 Å². The van der Waals surface area contributed by atoms with Gasteiger partial charge in [-0.3, -0.25) is 4.79 Å². The Morgan fingerprint density at radius 1 is 1.62 bits per heavy atom. The molecule has 0 atom stereocenters. The maximum Gasteiger partial charge on any atom is 0.185 e. The Kier molecular flexibility index (Phi) is 1.98. The molecule has 13 heavy (non-hydrogen) atoms. The minimum absolute atomic E-state index is 0.461. The van der Waals surface area contributed by atoms with Gasteiger partial charge in [-0.15, -0.1) is 11.3 Å². The second-order valence-corrected chi connectivity index (χ2v) is 3.64.